The van der Waals surface area contributed by atoms with Gasteiger partial charge in [0.2, 0.25) is 5.82 Å². The van der Waals surface area contributed by atoms with Crippen molar-refractivity contribution in [3.8, 4) is 45.5 Å². The smallest absolute Gasteiger partial charge is 0.270 e. The zero-order valence-electron chi connectivity index (χ0n) is 18.7. The summed E-state index contributed by atoms with van der Waals surface area (Å²) < 4.78 is 27.0. The second-order valence-electron chi connectivity index (χ2n) is 7.03. The van der Waals surface area contributed by atoms with Crippen LogP contribution in [-0.2, 0) is 6.61 Å². The van der Waals surface area contributed by atoms with Gasteiger partial charge in [-0.15, -0.1) is 0 Å². The van der Waals surface area contributed by atoms with Crippen molar-refractivity contribution in [3.63, 3.8) is 0 Å². The number of nitrogens with zero attached hydrogens (tertiary/aromatic N) is 3. The van der Waals surface area contributed by atoms with Crippen molar-refractivity contribution in [3.05, 3.63) is 76.7 Å². The molecule has 10 nitrogen and oxygen atoms in total. The van der Waals surface area contributed by atoms with Gasteiger partial charge in [0.05, 0.1) is 31.8 Å². The van der Waals surface area contributed by atoms with Crippen LogP contribution < -0.4 is 18.9 Å². The van der Waals surface area contributed by atoms with E-state index >= 15 is 0 Å². The third-order valence-electron chi connectivity index (χ3n) is 5.04. The highest BCUT2D eigenvalue weighted by atomic mass is 16.6. The molecular formula is C24H21N3O7. The molecule has 0 saturated carbocycles. The maximum atomic E-state index is 11.3. The fourth-order valence-corrected chi connectivity index (χ4v) is 3.30. The van der Waals surface area contributed by atoms with E-state index in [0.717, 1.165) is 5.56 Å². The highest BCUT2D eigenvalue weighted by Crippen LogP contribution is 2.35. The standard InChI is InChI=1S/C24H21N3O7/c1-30-17-7-4-15(5-8-17)20-12-16(27(28)29)6-11-21(20)33-14-23-25-24(26-34-23)19-10-9-18(31-2)13-22(19)32-3/h4-13H,14H2,1-3H3. The first-order valence-corrected chi connectivity index (χ1v) is 10.1. The van der Waals surface area contributed by atoms with E-state index < -0.39 is 4.92 Å². The van der Waals surface area contributed by atoms with Crippen molar-refractivity contribution in [2.45, 2.75) is 6.61 Å². The number of hydrogen-bond acceptors (Lipinski definition) is 9. The van der Waals surface area contributed by atoms with E-state index in [1.54, 1.807) is 62.8 Å². The highest BCUT2D eigenvalue weighted by Gasteiger charge is 2.17. The molecule has 0 bridgehead atoms. The predicted molar refractivity (Wildman–Crippen MR) is 122 cm³/mol. The predicted octanol–water partition coefficient (Wildman–Crippen LogP) is 4.92. The van der Waals surface area contributed by atoms with Crippen LogP contribution in [0.2, 0.25) is 0 Å². The third-order valence-corrected chi connectivity index (χ3v) is 5.04. The second-order valence-corrected chi connectivity index (χ2v) is 7.03. The summed E-state index contributed by atoms with van der Waals surface area (Å²) in [4.78, 5) is 15.2. The minimum atomic E-state index is -0.455. The summed E-state index contributed by atoms with van der Waals surface area (Å²) in [6.07, 6.45) is 0. The van der Waals surface area contributed by atoms with Gasteiger partial charge in [0.1, 0.15) is 23.0 Å². The molecule has 0 aliphatic heterocycles. The summed E-state index contributed by atoms with van der Waals surface area (Å²) in [5, 5.41) is 15.3. The lowest BCUT2D eigenvalue weighted by Gasteiger charge is -2.11. The fraction of sp³-hybridized carbons (Fsp3) is 0.167. The first kappa shape index (κ1) is 22.6. The van der Waals surface area contributed by atoms with Crippen LogP contribution in [0.15, 0.2) is 65.2 Å². The molecule has 0 saturated heterocycles. The van der Waals surface area contributed by atoms with Gasteiger partial charge in [0.25, 0.3) is 11.6 Å². The van der Waals surface area contributed by atoms with Crippen LogP contribution in [0.25, 0.3) is 22.5 Å². The summed E-state index contributed by atoms with van der Waals surface area (Å²) in [6, 6.07) is 16.8. The highest BCUT2D eigenvalue weighted by molar-refractivity contribution is 5.73. The van der Waals surface area contributed by atoms with Crippen LogP contribution in [0.4, 0.5) is 5.69 Å². The summed E-state index contributed by atoms with van der Waals surface area (Å²) in [6.45, 7) is -0.0353. The molecule has 1 heterocycles. The molecule has 0 atom stereocenters. The number of rotatable bonds is 9. The summed E-state index contributed by atoms with van der Waals surface area (Å²) in [7, 11) is 4.67. The van der Waals surface area contributed by atoms with Crippen molar-refractivity contribution >= 4 is 5.69 Å². The molecule has 4 rings (SSSR count). The van der Waals surface area contributed by atoms with E-state index in [1.165, 1.54) is 19.2 Å². The van der Waals surface area contributed by atoms with Crippen molar-refractivity contribution in [2.75, 3.05) is 21.3 Å². The lowest BCUT2D eigenvalue weighted by atomic mass is 10.0. The molecule has 0 unspecified atom stereocenters. The molecule has 0 N–H and O–H groups in total. The Labute approximate surface area is 194 Å². The van der Waals surface area contributed by atoms with Crippen LogP contribution in [-0.4, -0.2) is 36.4 Å². The van der Waals surface area contributed by atoms with Crippen LogP contribution in [0, 0.1) is 10.1 Å². The molecular weight excluding hydrogens is 442 g/mol. The molecule has 10 heteroatoms. The van der Waals surface area contributed by atoms with E-state index in [-0.39, 0.29) is 18.2 Å². The zero-order chi connectivity index (χ0) is 24.1. The minimum Gasteiger partial charge on any atom is -0.497 e. The average molecular weight is 463 g/mol. The monoisotopic (exact) mass is 463 g/mol. The number of nitro groups is 1. The van der Waals surface area contributed by atoms with Crippen LogP contribution in [0.5, 0.6) is 23.0 Å². The van der Waals surface area contributed by atoms with Gasteiger partial charge in [-0.2, -0.15) is 4.98 Å². The van der Waals surface area contributed by atoms with Crippen molar-refractivity contribution in [1.29, 1.82) is 0 Å². The summed E-state index contributed by atoms with van der Waals surface area (Å²) >= 11 is 0. The van der Waals surface area contributed by atoms with Gasteiger partial charge in [0, 0.05) is 23.8 Å². The molecule has 3 aromatic carbocycles. The van der Waals surface area contributed by atoms with Crippen molar-refractivity contribution in [2.24, 2.45) is 0 Å². The molecule has 0 aliphatic carbocycles. The van der Waals surface area contributed by atoms with Gasteiger partial charge in [0.15, 0.2) is 6.61 Å². The SMILES string of the molecule is COc1ccc(-c2cc([N+](=O)[O-])ccc2OCc2nc(-c3ccc(OC)cc3OC)no2)cc1. The molecule has 4 aromatic rings. The Morgan fingerprint density at radius 2 is 1.59 bits per heavy atom. The number of nitro benzene ring substituents is 1. The van der Waals surface area contributed by atoms with Crippen LogP contribution in [0.1, 0.15) is 5.89 Å². The molecule has 0 aliphatic rings. The normalized spacial score (nSPS) is 10.6. The van der Waals surface area contributed by atoms with Gasteiger partial charge in [-0.3, -0.25) is 10.1 Å². The fourth-order valence-electron chi connectivity index (χ4n) is 3.30. The topological polar surface area (TPSA) is 119 Å². The number of aromatic nitrogens is 2. The Morgan fingerprint density at radius 1 is 0.853 bits per heavy atom. The third kappa shape index (κ3) is 4.75. The largest absolute Gasteiger partial charge is 0.497 e. The quantitative estimate of drug-likeness (QED) is 0.252. The van der Waals surface area contributed by atoms with Crippen LogP contribution in [0.3, 0.4) is 0 Å². The minimum absolute atomic E-state index is 0.0353. The Morgan fingerprint density at radius 3 is 2.26 bits per heavy atom. The lowest BCUT2D eigenvalue weighted by Crippen LogP contribution is -1.99. The van der Waals surface area contributed by atoms with Gasteiger partial charge >= 0.3 is 0 Å². The molecule has 174 valence electrons. The maximum absolute atomic E-state index is 11.3. The Balaban J connectivity index is 1.58. The van der Waals surface area contributed by atoms with Gasteiger partial charge in [-0.1, -0.05) is 17.3 Å². The van der Waals surface area contributed by atoms with E-state index in [1.807, 2.05) is 0 Å². The van der Waals surface area contributed by atoms with Crippen molar-refractivity contribution in [1.82, 2.24) is 10.1 Å². The number of benzene rings is 3. The molecule has 34 heavy (non-hydrogen) atoms. The first-order valence-electron chi connectivity index (χ1n) is 10.1. The number of non-ortho nitro benzene ring substituents is 1. The average Bonchev–Trinajstić information content (AvgIpc) is 3.35. The summed E-state index contributed by atoms with van der Waals surface area (Å²) in [5.74, 6) is 2.83. The number of ether oxygens (including phenoxy) is 4. The van der Waals surface area contributed by atoms with Gasteiger partial charge < -0.3 is 23.5 Å². The number of methoxy groups -OCH3 is 3. The maximum Gasteiger partial charge on any atom is 0.270 e. The number of hydrogen-bond donors (Lipinski definition) is 0. The van der Waals surface area contributed by atoms with Gasteiger partial charge in [-0.25, -0.2) is 0 Å². The van der Waals surface area contributed by atoms with E-state index in [9.17, 15) is 10.1 Å². The van der Waals surface area contributed by atoms with Crippen molar-refractivity contribution < 1.29 is 28.4 Å². The molecule has 0 spiro atoms. The molecule has 1 aromatic heterocycles. The Kier molecular flexibility index (Phi) is 6.58. The Hall–Kier alpha value is -4.60. The molecule has 0 amide bonds. The molecule has 0 fully saturated rings. The van der Waals surface area contributed by atoms with E-state index in [0.29, 0.717) is 39.9 Å². The first-order chi connectivity index (χ1) is 16.5. The summed E-state index contributed by atoms with van der Waals surface area (Å²) in [5.41, 5.74) is 1.86. The van der Waals surface area contributed by atoms with E-state index in [4.69, 9.17) is 23.5 Å². The lowest BCUT2D eigenvalue weighted by molar-refractivity contribution is -0.384. The second kappa shape index (κ2) is 9.90. The zero-order valence-corrected chi connectivity index (χ0v) is 18.7. The molecule has 0 radical (unpaired) electrons. The van der Waals surface area contributed by atoms with Gasteiger partial charge in [-0.05, 0) is 35.9 Å². The van der Waals surface area contributed by atoms with Crippen LogP contribution >= 0.6 is 0 Å². The Bertz CT molecular complexity index is 1300. The van der Waals surface area contributed by atoms with E-state index in [2.05, 4.69) is 10.1 Å².